The lowest BCUT2D eigenvalue weighted by Gasteiger charge is -2.18. The van der Waals surface area contributed by atoms with Gasteiger partial charge in [0.05, 0.1) is 19.6 Å². The van der Waals surface area contributed by atoms with Gasteiger partial charge in [-0.25, -0.2) is 9.79 Å². The van der Waals surface area contributed by atoms with Crippen LogP contribution in [0.4, 0.5) is 16.2 Å². The number of aliphatic imine (C=N–C) groups is 1. The first-order chi connectivity index (χ1) is 20.0. The molecule has 3 aliphatic rings. The summed E-state index contributed by atoms with van der Waals surface area (Å²) >= 11 is 0. The van der Waals surface area contributed by atoms with Gasteiger partial charge in [0.15, 0.2) is 5.84 Å². The second kappa shape index (κ2) is 11.0. The fourth-order valence-electron chi connectivity index (χ4n) is 4.79. The monoisotopic (exact) mass is 551 g/mol. The van der Waals surface area contributed by atoms with E-state index >= 15 is 0 Å². The molecular formula is C30H29N7O4. The number of fused-ring (bicyclic) bond motifs is 1. The predicted octanol–water partition coefficient (Wildman–Crippen LogP) is 4.37. The Balaban J connectivity index is 1.14. The van der Waals surface area contributed by atoms with Crippen molar-refractivity contribution in [1.29, 1.82) is 0 Å². The van der Waals surface area contributed by atoms with Gasteiger partial charge in [0.25, 0.3) is 0 Å². The van der Waals surface area contributed by atoms with Gasteiger partial charge in [-0.2, -0.15) is 5.10 Å². The molecule has 3 aromatic rings. The van der Waals surface area contributed by atoms with Gasteiger partial charge in [-0.3, -0.25) is 9.80 Å². The number of anilines is 2. The second-order valence-electron chi connectivity index (χ2n) is 9.89. The highest BCUT2D eigenvalue weighted by Gasteiger charge is 2.40. The maximum atomic E-state index is 13.1. The van der Waals surface area contributed by atoms with Gasteiger partial charge in [0.1, 0.15) is 29.3 Å². The lowest BCUT2D eigenvalue weighted by atomic mass is 9.92. The zero-order valence-corrected chi connectivity index (χ0v) is 22.3. The molecule has 1 saturated carbocycles. The molecule has 1 atom stereocenters. The summed E-state index contributed by atoms with van der Waals surface area (Å²) in [5.41, 5.74) is 9.57. The van der Waals surface area contributed by atoms with Crippen molar-refractivity contribution in [1.82, 2.24) is 10.3 Å². The van der Waals surface area contributed by atoms with Crippen molar-refractivity contribution in [2.24, 2.45) is 21.7 Å². The average molecular weight is 552 g/mol. The Morgan fingerprint density at radius 3 is 2.39 bits per heavy atom. The normalized spacial score (nSPS) is 17.4. The number of carbonyl (C=O) groups excluding carboxylic acids is 2. The van der Waals surface area contributed by atoms with E-state index in [0.29, 0.717) is 46.7 Å². The highest BCUT2D eigenvalue weighted by Crippen LogP contribution is 2.38. The summed E-state index contributed by atoms with van der Waals surface area (Å²) in [5, 5.41) is 14.8. The molecule has 41 heavy (non-hydrogen) atoms. The summed E-state index contributed by atoms with van der Waals surface area (Å²) in [6.45, 7) is 0.388. The first-order valence-electron chi connectivity index (χ1n) is 13.3. The van der Waals surface area contributed by atoms with Gasteiger partial charge >= 0.3 is 6.03 Å². The number of amides is 3. The van der Waals surface area contributed by atoms with E-state index in [1.807, 2.05) is 30.3 Å². The SMILES string of the molecule is COc1cccc(Oc2cccc(NC(=O)Nc3ccc(C4=C5C(N)=NC=NN5CC4C(=O)NC4CC4)cc3)c2)c1. The Labute approximate surface area is 236 Å². The minimum absolute atomic E-state index is 0.0495. The van der Waals surface area contributed by atoms with Gasteiger partial charge < -0.3 is 31.2 Å². The Hall–Kier alpha value is -5.32. The fraction of sp³-hybridized carbons (Fsp3) is 0.200. The average Bonchev–Trinajstić information content (AvgIpc) is 3.69. The van der Waals surface area contributed by atoms with Crippen molar-refractivity contribution in [3.05, 3.63) is 84.1 Å². The van der Waals surface area contributed by atoms with Gasteiger partial charge in [-0.1, -0.05) is 24.3 Å². The quantitative estimate of drug-likeness (QED) is 0.328. The lowest BCUT2D eigenvalue weighted by Crippen LogP contribution is -2.35. The molecule has 2 aliphatic heterocycles. The molecule has 0 aromatic heterocycles. The van der Waals surface area contributed by atoms with Gasteiger partial charge in [0.2, 0.25) is 5.91 Å². The Morgan fingerprint density at radius 1 is 0.927 bits per heavy atom. The summed E-state index contributed by atoms with van der Waals surface area (Å²) < 4.78 is 11.1. The molecule has 5 N–H and O–H groups in total. The maximum absolute atomic E-state index is 13.1. The van der Waals surface area contributed by atoms with Gasteiger partial charge in [-0.15, -0.1) is 0 Å². The Bertz CT molecular complexity index is 1580. The van der Waals surface area contributed by atoms with Gasteiger partial charge in [0, 0.05) is 35.1 Å². The smallest absolute Gasteiger partial charge is 0.323 e. The summed E-state index contributed by atoms with van der Waals surface area (Å²) in [6.07, 6.45) is 3.39. The summed E-state index contributed by atoms with van der Waals surface area (Å²) in [6, 6.07) is 21.5. The molecule has 0 radical (unpaired) electrons. The van der Waals surface area contributed by atoms with Crippen molar-refractivity contribution in [2.45, 2.75) is 18.9 Å². The Kier molecular flexibility index (Phi) is 6.99. The van der Waals surface area contributed by atoms with Crippen LogP contribution in [-0.2, 0) is 4.79 Å². The maximum Gasteiger partial charge on any atom is 0.323 e. The van der Waals surface area contributed by atoms with Crippen LogP contribution < -0.4 is 31.2 Å². The standard InChI is InChI=1S/C30H29N7O4/c1-40-22-5-3-7-24(15-22)41-23-6-2-4-21(14-23)36-30(39)35-20-10-8-18(9-11-20)26-25(29(38)34-19-12-13-19)16-37-27(26)28(31)32-17-33-37/h2-11,14-15,17,19,25H,12-13,16H2,1H3,(H,34,38)(H2,31,32,33)(H2,35,36,39). The van der Waals surface area contributed by atoms with E-state index in [1.165, 1.54) is 6.34 Å². The zero-order chi connectivity index (χ0) is 28.3. The molecule has 11 nitrogen and oxygen atoms in total. The molecule has 3 aromatic carbocycles. The van der Waals surface area contributed by atoms with Crippen molar-refractivity contribution in [3.63, 3.8) is 0 Å². The lowest BCUT2D eigenvalue weighted by molar-refractivity contribution is -0.123. The molecule has 0 bridgehead atoms. The number of carbonyl (C=O) groups is 2. The second-order valence-corrected chi connectivity index (χ2v) is 9.89. The highest BCUT2D eigenvalue weighted by molar-refractivity contribution is 6.11. The number of amidine groups is 1. The number of urea groups is 1. The third-order valence-corrected chi connectivity index (χ3v) is 6.91. The number of nitrogens with zero attached hydrogens (tertiary/aromatic N) is 3. The van der Waals surface area contributed by atoms with E-state index in [2.05, 4.69) is 26.0 Å². The fourth-order valence-corrected chi connectivity index (χ4v) is 4.79. The third kappa shape index (κ3) is 5.83. The number of rotatable bonds is 8. The molecular weight excluding hydrogens is 522 g/mol. The van der Waals surface area contributed by atoms with Crippen LogP contribution >= 0.6 is 0 Å². The summed E-state index contributed by atoms with van der Waals surface area (Å²) in [5.74, 6) is 1.69. The van der Waals surface area contributed by atoms with E-state index in [-0.39, 0.29) is 11.9 Å². The van der Waals surface area contributed by atoms with Crippen molar-refractivity contribution in [3.8, 4) is 17.2 Å². The number of hydrazone groups is 1. The number of methoxy groups -OCH3 is 1. The molecule has 11 heteroatoms. The molecule has 6 rings (SSSR count). The van der Waals surface area contributed by atoms with Crippen LogP contribution in [0.1, 0.15) is 18.4 Å². The highest BCUT2D eigenvalue weighted by atomic mass is 16.5. The largest absolute Gasteiger partial charge is 0.497 e. The molecule has 0 spiro atoms. The van der Waals surface area contributed by atoms with E-state index in [0.717, 1.165) is 24.0 Å². The van der Waals surface area contributed by atoms with E-state index in [1.54, 1.807) is 54.6 Å². The summed E-state index contributed by atoms with van der Waals surface area (Å²) in [7, 11) is 1.59. The molecule has 208 valence electrons. The number of nitrogens with two attached hydrogens (primary N) is 1. The first kappa shape index (κ1) is 25.9. The first-order valence-corrected chi connectivity index (χ1v) is 13.3. The number of hydrogen-bond donors (Lipinski definition) is 4. The van der Waals surface area contributed by atoms with Crippen LogP contribution in [0.25, 0.3) is 5.57 Å². The number of benzene rings is 3. The summed E-state index contributed by atoms with van der Waals surface area (Å²) in [4.78, 5) is 30.0. The van der Waals surface area contributed by atoms with Crippen molar-refractivity contribution < 1.29 is 19.1 Å². The number of nitrogens with one attached hydrogen (secondary N) is 3. The topological polar surface area (TPSA) is 143 Å². The molecule has 1 unspecified atom stereocenters. The predicted molar refractivity (Wildman–Crippen MR) is 157 cm³/mol. The molecule has 1 aliphatic carbocycles. The van der Waals surface area contributed by atoms with E-state index in [4.69, 9.17) is 15.2 Å². The Morgan fingerprint density at radius 2 is 1.63 bits per heavy atom. The van der Waals surface area contributed by atoms with Crippen LogP contribution in [-0.4, -0.2) is 48.8 Å². The third-order valence-electron chi connectivity index (χ3n) is 6.91. The van der Waals surface area contributed by atoms with Crippen LogP contribution in [0.2, 0.25) is 0 Å². The molecule has 3 amide bonds. The van der Waals surface area contributed by atoms with E-state index < -0.39 is 11.9 Å². The van der Waals surface area contributed by atoms with Crippen LogP contribution in [0.15, 0.2) is 88.6 Å². The zero-order valence-electron chi connectivity index (χ0n) is 22.3. The van der Waals surface area contributed by atoms with Gasteiger partial charge in [-0.05, 0) is 54.8 Å². The minimum atomic E-state index is -0.442. The van der Waals surface area contributed by atoms with Crippen LogP contribution in [0.3, 0.4) is 0 Å². The van der Waals surface area contributed by atoms with Crippen LogP contribution in [0, 0.1) is 5.92 Å². The molecule has 0 saturated heterocycles. The van der Waals surface area contributed by atoms with E-state index in [9.17, 15) is 9.59 Å². The number of hydrogen-bond acceptors (Lipinski definition) is 8. The van der Waals surface area contributed by atoms with Crippen molar-refractivity contribution >= 4 is 41.1 Å². The minimum Gasteiger partial charge on any atom is -0.497 e. The van der Waals surface area contributed by atoms with Crippen molar-refractivity contribution in [2.75, 3.05) is 24.3 Å². The van der Waals surface area contributed by atoms with Crippen LogP contribution in [0.5, 0.6) is 17.2 Å². The number of ether oxygens (including phenoxy) is 2. The molecule has 1 fully saturated rings. The molecule has 2 heterocycles.